The molecule has 0 aliphatic heterocycles. The van der Waals surface area contributed by atoms with Crippen LogP contribution in [0.15, 0.2) is 53.0 Å². The van der Waals surface area contributed by atoms with Gasteiger partial charge in [-0.3, -0.25) is 4.79 Å². The normalized spacial score (nSPS) is 14.1. The van der Waals surface area contributed by atoms with E-state index in [1.165, 1.54) is 5.57 Å². The van der Waals surface area contributed by atoms with Crippen molar-refractivity contribution in [3.8, 4) is 11.4 Å². The number of hydrogen-bond donors (Lipinski definition) is 0. The Labute approximate surface area is 164 Å². The molecular weight excluding hydrogens is 350 g/mol. The number of allylic oxidation sites excluding steroid dienone is 4. The topological polar surface area (TPSA) is 49.0 Å². The van der Waals surface area contributed by atoms with Crippen molar-refractivity contribution in [3.05, 3.63) is 69.9 Å². The van der Waals surface area contributed by atoms with Gasteiger partial charge < -0.3 is 9.30 Å². The molecule has 28 heavy (non-hydrogen) atoms. The van der Waals surface area contributed by atoms with Gasteiger partial charge in [0.15, 0.2) is 0 Å². The van der Waals surface area contributed by atoms with Gasteiger partial charge in [-0.15, -0.1) is 0 Å². The Morgan fingerprint density at radius 2 is 2.04 bits per heavy atom. The van der Waals surface area contributed by atoms with Gasteiger partial charge in [-0.1, -0.05) is 19.1 Å². The number of aryl methyl sites for hydroxylation is 2. The summed E-state index contributed by atoms with van der Waals surface area (Å²) in [5.74, 6) is 0.787. The summed E-state index contributed by atoms with van der Waals surface area (Å²) in [4.78, 5) is 13.4. The van der Waals surface area contributed by atoms with Crippen molar-refractivity contribution < 1.29 is 4.74 Å². The summed E-state index contributed by atoms with van der Waals surface area (Å²) < 4.78 is 9.04. The van der Waals surface area contributed by atoms with Gasteiger partial charge in [-0.05, 0) is 56.9 Å². The molecular formula is C23H25N3O2. The fourth-order valence-corrected chi connectivity index (χ4v) is 4.15. The van der Waals surface area contributed by atoms with E-state index in [2.05, 4.69) is 22.7 Å². The molecule has 0 amide bonds. The van der Waals surface area contributed by atoms with E-state index in [1.807, 2.05) is 50.4 Å². The summed E-state index contributed by atoms with van der Waals surface area (Å²) in [6, 6.07) is 7.88. The van der Waals surface area contributed by atoms with Crippen LogP contribution in [-0.2, 0) is 0 Å². The van der Waals surface area contributed by atoms with Gasteiger partial charge in [0.05, 0.1) is 24.4 Å². The Morgan fingerprint density at radius 1 is 1.21 bits per heavy atom. The van der Waals surface area contributed by atoms with E-state index in [9.17, 15) is 4.79 Å². The zero-order chi connectivity index (χ0) is 19.8. The number of benzene rings is 1. The van der Waals surface area contributed by atoms with Crippen LogP contribution >= 0.6 is 0 Å². The zero-order valence-electron chi connectivity index (χ0n) is 16.8. The maximum Gasteiger partial charge on any atom is 0.281 e. The Morgan fingerprint density at radius 3 is 2.79 bits per heavy atom. The third kappa shape index (κ3) is 2.78. The van der Waals surface area contributed by atoms with Crippen molar-refractivity contribution >= 4 is 16.5 Å². The molecule has 0 bridgehead atoms. The molecule has 5 heteroatoms. The van der Waals surface area contributed by atoms with E-state index in [-0.39, 0.29) is 5.56 Å². The summed E-state index contributed by atoms with van der Waals surface area (Å²) in [5.41, 5.74) is 5.03. The SMILES string of the molecule is CCC1=C(n2ncc3c(C)n(-c4cccc(OC)c4)c(C)c3c2=O)C=CCC1. The molecule has 0 fully saturated rings. The second-order valence-electron chi connectivity index (χ2n) is 7.14. The molecule has 5 nitrogen and oxygen atoms in total. The first-order chi connectivity index (χ1) is 13.6. The van der Waals surface area contributed by atoms with Crippen LogP contribution in [0.5, 0.6) is 5.75 Å². The third-order valence-corrected chi connectivity index (χ3v) is 5.62. The highest BCUT2D eigenvalue weighted by Crippen LogP contribution is 2.29. The first kappa shape index (κ1) is 18.3. The van der Waals surface area contributed by atoms with Crippen molar-refractivity contribution in [1.82, 2.24) is 14.3 Å². The second kappa shape index (κ2) is 7.15. The number of fused-ring (bicyclic) bond motifs is 1. The Bertz CT molecular complexity index is 1180. The molecule has 3 aromatic rings. The van der Waals surface area contributed by atoms with Gasteiger partial charge in [0.1, 0.15) is 5.75 Å². The van der Waals surface area contributed by atoms with E-state index >= 15 is 0 Å². The van der Waals surface area contributed by atoms with E-state index in [0.29, 0.717) is 0 Å². The van der Waals surface area contributed by atoms with Crippen LogP contribution in [0.4, 0.5) is 0 Å². The molecule has 1 aliphatic carbocycles. The van der Waals surface area contributed by atoms with Gasteiger partial charge in [-0.2, -0.15) is 9.78 Å². The Kier molecular flexibility index (Phi) is 4.67. The molecule has 0 radical (unpaired) electrons. The summed E-state index contributed by atoms with van der Waals surface area (Å²) >= 11 is 0. The third-order valence-electron chi connectivity index (χ3n) is 5.62. The van der Waals surface area contributed by atoms with Gasteiger partial charge in [0.25, 0.3) is 5.56 Å². The number of ether oxygens (including phenoxy) is 1. The number of hydrogen-bond acceptors (Lipinski definition) is 3. The highest BCUT2D eigenvalue weighted by Gasteiger charge is 2.19. The monoisotopic (exact) mass is 375 g/mol. The molecule has 0 unspecified atom stereocenters. The number of methoxy groups -OCH3 is 1. The Balaban J connectivity index is 1.98. The lowest BCUT2D eigenvalue weighted by atomic mass is 10.00. The van der Waals surface area contributed by atoms with Crippen LogP contribution in [0.25, 0.3) is 22.2 Å². The van der Waals surface area contributed by atoms with Gasteiger partial charge in [-0.25, -0.2) is 0 Å². The minimum atomic E-state index is -0.0627. The van der Waals surface area contributed by atoms with E-state index < -0.39 is 0 Å². The lowest BCUT2D eigenvalue weighted by Gasteiger charge is -2.15. The molecule has 0 saturated carbocycles. The highest BCUT2D eigenvalue weighted by atomic mass is 16.5. The predicted octanol–water partition coefficient (Wildman–Crippen LogP) is 4.78. The lowest BCUT2D eigenvalue weighted by Crippen LogP contribution is -2.23. The van der Waals surface area contributed by atoms with Crippen LogP contribution in [0, 0.1) is 13.8 Å². The smallest absolute Gasteiger partial charge is 0.281 e. The average molecular weight is 375 g/mol. The molecule has 0 saturated heterocycles. The zero-order valence-corrected chi connectivity index (χ0v) is 16.8. The van der Waals surface area contributed by atoms with Gasteiger partial charge in [0, 0.05) is 28.5 Å². The van der Waals surface area contributed by atoms with E-state index in [4.69, 9.17) is 4.74 Å². The van der Waals surface area contributed by atoms with E-state index in [1.54, 1.807) is 11.8 Å². The lowest BCUT2D eigenvalue weighted by molar-refractivity contribution is 0.414. The van der Waals surface area contributed by atoms with Gasteiger partial charge in [0.2, 0.25) is 0 Å². The number of rotatable bonds is 4. The van der Waals surface area contributed by atoms with Crippen LogP contribution in [0.1, 0.15) is 37.6 Å². The number of nitrogens with zero attached hydrogens (tertiary/aromatic N) is 3. The van der Waals surface area contributed by atoms with Crippen LogP contribution < -0.4 is 10.3 Å². The highest BCUT2D eigenvalue weighted by molar-refractivity contribution is 5.88. The molecule has 0 N–H and O–H groups in total. The molecule has 1 aliphatic rings. The number of aromatic nitrogens is 3. The van der Waals surface area contributed by atoms with Crippen LogP contribution in [-0.4, -0.2) is 21.5 Å². The second-order valence-corrected chi connectivity index (χ2v) is 7.14. The minimum Gasteiger partial charge on any atom is -0.497 e. The molecule has 1 aromatic carbocycles. The first-order valence-corrected chi connectivity index (χ1v) is 9.70. The van der Waals surface area contributed by atoms with Crippen molar-refractivity contribution in [1.29, 1.82) is 0 Å². The molecule has 2 heterocycles. The summed E-state index contributed by atoms with van der Waals surface area (Å²) in [5, 5.41) is 6.14. The average Bonchev–Trinajstić information content (AvgIpc) is 2.99. The minimum absolute atomic E-state index is 0.0627. The van der Waals surface area contributed by atoms with Crippen LogP contribution in [0.2, 0.25) is 0 Å². The van der Waals surface area contributed by atoms with E-state index in [0.717, 1.165) is 58.6 Å². The molecule has 4 rings (SSSR count). The van der Waals surface area contributed by atoms with Gasteiger partial charge >= 0.3 is 0 Å². The Hall–Kier alpha value is -3.08. The molecule has 0 spiro atoms. The quantitative estimate of drug-likeness (QED) is 0.659. The summed E-state index contributed by atoms with van der Waals surface area (Å²) in [6.45, 7) is 6.15. The molecule has 2 aromatic heterocycles. The van der Waals surface area contributed by atoms with Crippen molar-refractivity contribution in [2.24, 2.45) is 0 Å². The molecule has 0 atom stereocenters. The maximum atomic E-state index is 13.4. The standard InChI is InChI=1S/C23H25N3O2/c1-5-17-9-6-7-12-21(17)26-23(27)22-16(3)25(15(2)20(22)14-24-26)18-10-8-11-19(13-18)28-4/h7-8,10-14H,5-6,9H2,1-4H3. The van der Waals surface area contributed by atoms with Crippen molar-refractivity contribution in [2.45, 2.75) is 40.0 Å². The predicted molar refractivity (Wildman–Crippen MR) is 113 cm³/mol. The summed E-state index contributed by atoms with van der Waals surface area (Å²) in [7, 11) is 1.66. The summed E-state index contributed by atoms with van der Waals surface area (Å²) in [6.07, 6.45) is 8.90. The van der Waals surface area contributed by atoms with Crippen molar-refractivity contribution in [2.75, 3.05) is 7.11 Å². The van der Waals surface area contributed by atoms with Crippen molar-refractivity contribution in [3.63, 3.8) is 0 Å². The van der Waals surface area contributed by atoms with Crippen LogP contribution in [0.3, 0.4) is 0 Å². The fourth-order valence-electron chi connectivity index (χ4n) is 4.15. The first-order valence-electron chi connectivity index (χ1n) is 9.70. The largest absolute Gasteiger partial charge is 0.497 e. The fraction of sp³-hybridized carbons (Fsp3) is 0.304. The molecule has 144 valence electrons. The maximum absolute atomic E-state index is 13.4.